The van der Waals surface area contributed by atoms with Gasteiger partial charge >= 0.3 is 0 Å². The van der Waals surface area contributed by atoms with E-state index in [-0.39, 0.29) is 15.6 Å². The van der Waals surface area contributed by atoms with Crippen LogP contribution in [-0.4, -0.2) is 32.7 Å². The van der Waals surface area contributed by atoms with E-state index in [1.165, 1.54) is 20.2 Å². The molecule has 0 aliphatic heterocycles. The van der Waals surface area contributed by atoms with Gasteiger partial charge in [0.2, 0.25) is 10.0 Å². The van der Waals surface area contributed by atoms with Gasteiger partial charge in [-0.3, -0.25) is 4.79 Å². The third-order valence-electron chi connectivity index (χ3n) is 3.14. The summed E-state index contributed by atoms with van der Waals surface area (Å²) < 4.78 is 52.1. The van der Waals surface area contributed by atoms with Crippen molar-refractivity contribution in [2.24, 2.45) is 0 Å². The van der Waals surface area contributed by atoms with Crippen molar-refractivity contribution in [1.82, 2.24) is 4.31 Å². The zero-order chi connectivity index (χ0) is 18.1. The summed E-state index contributed by atoms with van der Waals surface area (Å²) in [5.41, 5.74) is -0.315. The minimum absolute atomic E-state index is 0.145. The van der Waals surface area contributed by atoms with Gasteiger partial charge in [-0.1, -0.05) is 11.6 Å². The van der Waals surface area contributed by atoms with Gasteiger partial charge in [0, 0.05) is 19.8 Å². The average molecular weight is 375 g/mol. The molecular weight excluding hydrogens is 362 g/mol. The number of halogens is 3. The molecule has 2 aromatic rings. The van der Waals surface area contributed by atoms with Gasteiger partial charge in [-0.25, -0.2) is 21.5 Å². The Hall–Kier alpha value is -2.03. The average Bonchev–Trinajstić information content (AvgIpc) is 2.51. The van der Waals surface area contributed by atoms with Crippen molar-refractivity contribution in [2.75, 3.05) is 19.4 Å². The maximum absolute atomic E-state index is 13.9. The molecule has 0 bridgehead atoms. The topological polar surface area (TPSA) is 66.5 Å². The van der Waals surface area contributed by atoms with Crippen LogP contribution in [0, 0.1) is 11.6 Å². The van der Waals surface area contributed by atoms with E-state index in [0.29, 0.717) is 0 Å². The molecule has 0 unspecified atom stereocenters. The van der Waals surface area contributed by atoms with Crippen LogP contribution in [0.4, 0.5) is 14.5 Å². The number of carbonyl (C=O) groups excluding carboxylic acids is 1. The number of nitrogens with zero attached hydrogens (tertiary/aromatic N) is 1. The van der Waals surface area contributed by atoms with Gasteiger partial charge in [0.15, 0.2) is 0 Å². The van der Waals surface area contributed by atoms with Crippen molar-refractivity contribution >= 4 is 33.2 Å². The highest BCUT2D eigenvalue weighted by atomic mass is 35.5. The van der Waals surface area contributed by atoms with Gasteiger partial charge in [-0.2, -0.15) is 0 Å². The molecule has 1 amide bonds. The molecule has 0 spiro atoms. The minimum Gasteiger partial charge on any atom is -0.322 e. The second-order valence-electron chi connectivity index (χ2n) is 5.01. The molecule has 1 N–H and O–H groups in total. The highest BCUT2D eigenvalue weighted by molar-refractivity contribution is 7.89. The van der Waals surface area contributed by atoms with Gasteiger partial charge in [-0.05, 0) is 36.4 Å². The molecule has 0 saturated heterocycles. The van der Waals surface area contributed by atoms with Crippen molar-refractivity contribution < 1.29 is 22.0 Å². The predicted octanol–water partition coefficient (Wildman–Crippen LogP) is 3.12. The fourth-order valence-corrected chi connectivity index (χ4v) is 2.93. The summed E-state index contributed by atoms with van der Waals surface area (Å²) in [5.74, 6) is -2.44. The molecule has 0 atom stereocenters. The van der Waals surface area contributed by atoms with Crippen LogP contribution in [0.15, 0.2) is 41.3 Å². The molecule has 0 radical (unpaired) electrons. The Morgan fingerprint density at radius 1 is 1.08 bits per heavy atom. The summed E-state index contributed by atoms with van der Waals surface area (Å²) in [6.45, 7) is 0. The second-order valence-corrected chi connectivity index (χ2v) is 7.57. The third kappa shape index (κ3) is 3.72. The van der Waals surface area contributed by atoms with Crippen LogP contribution in [0.25, 0.3) is 0 Å². The molecule has 2 aromatic carbocycles. The van der Waals surface area contributed by atoms with E-state index in [2.05, 4.69) is 5.32 Å². The van der Waals surface area contributed by atoms with Gasteiger partial charge in [-0.15, -0.1) is 0 Å². The van der Waals surface area contributed by atoms with Gasteiger partial charge in [0.25, 0.3) is 5.91 Å². The number of hydrogen-bond acceptors (Lipinski definition) is 3. The Labute approximate surface area is 142 Å². The molecular formula is C15H13ClF2N2O3S. The number of nitrogens with one attached hydrogen (secondary N) is 1. The lowest BCUT2D eigenvalue weighted by Crippen LogP contribution is -2.23. The number of sulfonamides is 1. The number of carbonyl (C=O) groups is 1. The van der Waals surface area contributed by atoms with Crippen molar-refractivity contribution in [3.8, 4) is 0 Å². The third-order valence-corrected chi connectivity index (χ3v) is 5.24. The highest BCUT2D eigenvalue weighted by Crippen LogP contribution is 2.22. The first-order valence-corrected chi connectivity index (χ1v) is 8.43. The van der Waals surface area contributed by atoms with Crippen LogP contribution in [0.1, 0.15) is 10.4 Å². The van der Waals surface area contributed by atoms with Gasteiger partial charge < -0.3 is 5.32 Å². The van der Waals surface area contributed by atoms with Crippen molar-refractivity contribution in [2.45, 2.75) is 4.90 Å². The molecule has 24 heavy (non-hydrogen) atoms. The fraction of sp³-hybridized carbons (Fsp3) is 0.133. The number of anilines is 1. The molecule has 5 nitrogen and oxygen atoms in total. The number of benzene rings is 2. The summed E-state index contributed by atoms with van der Waals surface area (Å²) in [6.07, 6.45) is 0. The minimum atomic E-state index is -3.82. The zero-order valence-electron chi connectivity index (χ0n) is 12.7. The van der Waals surface area contributed by atoms with E-state index in [1.807, 2.05) is 0 Å². The molecule has 0 fully saturated rings. The summed E-state index contributed by atoms with van der Waals surface area (Å²) >= 11 is 5.61. The molecule has 9 heteroatoms. The maximum Gasteiger partial charge on any atom is 0.258 e. The highest BCUT2D eigenvalue weighted by Gasteiger charge is 2.21. The molecule has 0 aliphatic carbocycles. The van der Waals surface area contributed by atoms with E-state index in [4.69, 9.17) is 11.6 Å². The first kappa shape index (κ1) is 18.3. The summed E-state index contributed by atoms with van der Waals surface area (Å²) in [4.78, 5) is 12.0. The summed E-state index contributed by atoms with van der Waals surface area (Å²) in [7, 11) is -1.18. The van der Waals surface area contributed by atoms with Crippen LogP contribution in [0.3, 0.4) is 0 Å². The largest absolute Gasteiger partial charge is 0.322 e. The lowest BCUT2D eigenvalue weighted by molar-refractivity contribution is 0.102. The smallest absolute Gasteiger partial charge is 0.258 e. The van der Waals surface area contributed by atoms with E-state index in [1.54, 1.807) is 0 Å². The molecule has 128 valence electrons. The van der Waals surface area contributed by atoms with Crippen LogP contribution < -0.4 is 5.32 Å². The fourth-order valence-electron chi connectivity index (χ4n) is 1.82. The number of amides is 1. The van der Waals surface area contributed by atoms with Crippen molar-refractivity contribution in [1.29, 1.82) is 0 Å². The molecule has 0 saturated carbocycles. The Morgan fingerprint density at radius 2 is 1.71 bits per heavy atom. The standard InChI is InChI=1S/C15H13ClF2N2O3S/c1-20(2)24(22,23)10-4-6-13(17)11(8-10)15(21)19-9-3-5-14(18)12(16)7-9/h3-8H,1-2H3,(H,19,21). The Morgan fingerprint density at radius 3 is 2.29 bits per heavy atom. The van der Waals surface area contributed by atoms with Crippen LogP contribution in [-0.2, 0) is 10.0 Å². The first-order chi connectivity index (χ1) is 11.1. The lowest BCUT2D eigenvalue weighted by Gasteiger charge is -2.13. The van der Waals surface area contributed by atoms with Crippen LogP contribution >= 0.6 is 11.6 Å². The van der Waals surface area contributed by atoms with Gasteiger partial charge in [0.05, 0.1) is 15.5 Å². The first-order valence-electron chi connectivity index (χ1n) is 6.61. The van der Waals surface area contributed by atoms with Crippen molar-refractivity contribution in [3.63, 3.8) is 0 Å². The molecule has 0 aromatic heterocycles. The summed E-state index contributed by atoms with van der Waals surface area (Å²) in [5, 5.41) is 2.13. The Balaban J connectivity index is 2.37. The molecule has 2 rings (SSSR count). The predicted molar refractivity (Wildman–Crippen MR) is 86.6 cm³/mol. The van der Waals surface area contributed by atoms with Crippen LogP contribution in [0.2, 0.25) is 5.02 Å². The van der Waals surface area contributed by atoms with E-state index in [9.17, 15) is 22.0 Å². The SMILES string of the molecule is CN(C)S(=O)(=O)c1ccc(F)c(C(=O)Nc2ccc(F)c(Cl)c2)c1. The molecule has 0 aliphatic rings. The molecule has 0 heterocycles. The normalized spacial score (nSPS) is 11.6. The maximum atomic E-state index is 13.9. The van der Waals surface area contributed by atoms with Crippen molar-refractivity contribution in [3.05, 3.63) is 58.6 Å². The number of hydrogen-bond donors (Lipinski definition) is 1. The van der Waals surface area contributed by atoms with E-state index in [0.717, 1.165) is 34.6 Å². The quantitative estimate of drug-likeness (QED) is 0.894. The summed E-state index contributed by atoms with van der Waals surface area (Å²) in [6, 6.07) is 6.34. The monoisotopic (exact) mass is 374 g/mol. The lowest BCUT2D eigenvalue weighted by atomic mass is 10.2. The van der Waals surface area contributed by atoms with E-state index < -0.39 is 33.1 Å². The second kappa shape index (κ2) is 6.84. The Bertz CT molecular complexity index is 902. The zero-order valence-corrected chi connectivity index (χ0v) is 14.3. The Kier molecular flexibility index (Phi) is 5.22. The van der Waals surface area contributed by atoms with Gasteiger partial charge in [0.1, 0.15) is 11.6 Å². The van der Waals surface area contributed by atoms with Crippen LogP contribution in [0.5, 0.6) is 0 Å². The van der Waals surface area contributed by atoms with E-state index >= 15 is 0 Å². The number of rotatable bonds is 4.